The van der Waals surface area contributed by atoms with Crippen molar-refractivity contribution in [1.29, 1.82) is 0 Å². The Balaban J connectivity index is 1.51. The van der Waals surface area contributed by atoms with Crippen LogP contribution in [0.2, 0.25) is 5.02 Å². The fraction of sp³-hybridized carbons (Fsp3) is 0.333. The molecule has 0 bridgehead atoms. The number of benzene rings is 1. The van der Waals surface area contributed by atoms with Crippen LogP contribution < -0.4 is 5.32 Å². The molecule has 1 aromatic heterocycles. The van der Waals surface area contributed by atoms with E-state index in [1.54, 1.807) is 12.3 Å². The Morgan fingerprint density at radius 3 is 2.52 bits per heavy atom. The van der Waals surface area contributed by atoms with Crippen molar-refractivity contribution in [2.75, 3.05) is 25.0 Å². The molecule has 1 amide bonds. The van der Waals surface area contributed by atoms with Gasteiger partial charge in [-0.2, -0.15) is 0 Å². The molecule has 0 unspecified atom stereocenters. The Labute approximate surface area is 141 Å². The highest BCUT2D eigenvalue weighted by atomic mass is 35.5. The molecular weight excluding hydrogens is 310 g/mol. The lowest BCUT2D eigenvalue weighted by Crippen LogP contribution is -2.28. The SMILES string of the molecule is O=C(c1ccc(NCCc2ccc(Cl)cc2)cn1)N1CCCC1. The number of rotatable bonds is 5. The number of aromatic nitrogens is 1. The maximum atomic E-state index is 12.2. The molecule has 1 N–H and O–H groups in total. The summed E-state index contributed by atoms with van der Waals surface area (Å²) in [5.74, 6) is 0.0372. The lowest BCUT2D eigenvalue weighted by atomic mass is 10.1. The van der Waals surface area contributed by atoms with Crippen LogP contribution in [0, 0.1) is 0 Å². The van der Waals surface area contributed by atoms with E-state index in [1.807, 2.05) is 35.2 Å². The third kappa shape index (κ3) is 4.23. The van der Waals surface area contributed by atoms with E-state index in [1.165, 1.54) is 5.56 Å². The van der Waals surface area contributed by atoms with Gasteiger partial charge in [0.15, 0.2) is 0 Å². The van der Waals surface area contributed by atoms with Crippen LogP contribution in [-0.4, -0.2) is 35.4 Å². The molecule has 0 saturated carbocycles. The molecule has 0 aliphatic carbocycles. The van der Waals surface area contributed by atoms with Gasteiger partial charge in [0.1, 0.15) is 5.69 Å². The van der Waals surface area contributed by atoms with Crippen molar-refractivity contribution in [3.63, 3.8) is 0 Å². The van der Waals surface area contributed by atoms with Crippen LogP contribution in [0.25, 0.3) is 0 Å². The van der Waals surface area contributed by atoms with E-state index < -0.39 is 0 Å². The summed E-state index contributed by atoms with van der Waals surface area (Å²) in [7, 11) is 0. The number of hydrogen-bond donors (Lipinski definition) is 1. The van der Waals surface area contributed by atoms with Gasteiger partial charge in [-0.25, -0.2) is 4.98 Å². The molecule has 2 heterocycles. The topological polar surface area (TPSA) is 45.2 Å². The smallest absolute Gasteiger partial charge is 0.272 e. The molecule has 120 valence electrons. The second kappa shape index (κ2) is 7.47. The van der Waals surface area contributed by atoms with Gasteiger partial charge in [-0.1, -0.05) is 23.7 Å². The third-order valence-electron chi connectivity index (χ3n) is 4.03. The Kier molecular flexibility index (Phi) is 5.13. The average molecular weight is 330 g/mol. The zero-order valence-corrected chi connectivity index (χ0v) is 13.7. The van der Waals surface area contributed by atoms with Gasteiger partial charge in [-0.05, 0) is 49.1 Å². The number of halogens is 1. The first kappa shape index (κ1) is 15.8. The summed E-state index contributed by atoms with van der Waals surface area (Å²) in [4.78, 5) is 18.4. The maximum Gasteiger partial charge on any atom is 0.272 e. The molecule has 0 atom stereocenters. The summed E-state index contributed by atoms with van der Waals surface area (Å²) in [5, 5.41) is 4.08. The van der Waals surface area contributed by atoms with Gasteiger partial charge in [-0.3, -0.25) is 4.79 Å². The van der Waals surface area contributed by atoms with Crippen molar-refractivity contribution in [2.24, 2.45) is 0 Å². The monoisotopic (exact) mass is 329 g/mol. The van der Waals surface area contributed by atoms with E-state index in [9.17, 15) is 4.79 Å². The minimum atomic E-state index is 0.0372. The minimum absolute atomic E-state index is 0.0372. The van der Waals surface area contributed by atoms with Gasteiger partial charge in [0.2, 0.25) is 0 Å². The summed E-state index contributed by atoms with van der Waals surface area (Å²) >= 11 is 5.87. The highest BCUT2D eigenvalue weighted by molar-refractivity contribution is 6.30. The van der Waals surface area contributed by atoms with Crippen molar-refractivity contribution in [2.45, 2.75) is 19.3 Å². The molecule has 2 aromatic rings. The standard InChI is InChI=1S/C18H20ClN3O/c19-15-5-3-14(4-6-15)9-10-20-16-7-8-17(21-13-16)18(23)22-11-1-2-12-22/h3-8,13,20H,1-2,9-12H2. The van der Waals surface area contributed by atoms with Crippen LogP contribution in [0.1, 0.15) is 28.9 Å². The fourth-order valence-corrected chi connectivity index (χ4v) is 2.84. The minimum Gasteiger partial charge on any atom is -0.383 e. The Bertz CT molecular complexity index is 649. The van der Waals surface area contributed by atoms with Crippen LogP contribution in [0.4, 0.5) is 5.69 Å². The number of nitrogens with one attached hydrogen (secondary N) is 1. The zero-order valence-electron chi connectivity index (χ0n) is 13.0. The Morgan fingerprint density at radius 1 is 1.13 bits per heavy atom. The third-order valence-corrected chi connectivity index (χ3v) is 4.28. The molecular formula is C18H20ClN3O. The Morgan fingerprint density at radius 2 is 1.87 bits per heavy atom. The van der Waals surface area contributed by atoms with Crippen LogP contribution >= 0.6 is 11.6 Å². The highest BCUT2D eigenvalue weighted by Gasteiger charge is 2.20. The second-order valence-corrected chi connectivity index (χ2v) is 6.17. The van der Waals surface area contributed by atoms with Crippen molar-refractivity contribution < 1.29 is 4.79 Å². The quantitative estimate of drug-likeness (QED) is 0.911. The van der Waals surface area contributed by atoms with E-state index in [-0.39, 0.29) is 5.91 Å². The summed E-state index contributed by atoms with van der Waals surface area (Å²) < 4.78 is 0. The fourth-order valence-electron chi connectivity index (χ4n) is 2.71. The first-order chi connectivity index (χ1) is 11.2. The first-order valence-electron chi connectivity index (χ1n) is 7.96. The number of likely N-dealkylation sites (tertiary alicyclic amines) is 1. The molecule has 1 aliphatic heterocycles. The summed E-state index contributed by atoms with van der Waals surface area (Å²) in [6.45, 7) is 2.51. The largest absolute Gasteiger partial charge is 0.383 e. The number of nitrogens with zero attached hydrogens (tertiary/aromatic N) is 2. The van der Waals surface area contributed by atoms with Gasteiger partial charge >= 0.3 is 0 Å². The molecule has 5 heteroatoms. The van der Waals surface area contributed by atoms with Gasteiger partial charge in [0.25, 0.3) is 5.91 Å². The van der Waals surface area contributed by atoms with Crippen molar-refractivity contribution in [3.05, 3.63) is 58.9 Å². The second-order valence-electron chi connectivity index (χ2n) is 5.73. The van der Waals surface area contributed by atoms with E-state index in [0.29, 0.717) is 5.69 Å². The molecule has 0 spiro atoms. The number of carbonyl (C=O) groups excluding carboxylic acids is 1. The molecule has 0 radical (unpaired) electrons. The van der Waals surface area contributed by atoms with E-state index in [0.717, 1.165) is 49.6 Å². The lowest BCUT2D eigenvalue weighted by Gasteiger charge is -2.14. The maximum absolute atomic E-state index is 12.2. The van der Waals surface area contributed by atoms with Crippen LogP contribution in [0.15, 0.2) is 42.6 Å². The van der Waals surface area contributed by atoms with Crippen molar-refractivity contribution >= 4 is 23.2 Å². The van der Waals surface area contributed by atoms with Gasteiger partial charge in [0.05, 0.1) is 11.9 Å². The molecule has 23 heavy (non-hydrogen) atoms. The van der Waals surface area contributed by atoms with E-state index >= 15 is 0 Å². The normalized spacial score (nSPS) is 14.0. The molecule has 4 nitrogen and oxygen atoms in total. The molecule has 1 aromatic carbocycles. The molecule has 1 saturated heterocycles. The zero-order chi connectivity index (χ0) is 16.1. The molecule has 1 aliphatic rings. The summed E-state index contributed by atoms with van der Waals surface area (Å²) in [6.07, 6.45) is 4.82. The predicted octanol–water partition coefficient (Wildman–Crippen LogP) is 3.63. The van der Waals surface area contributed by atoms with Crippen LogP contribution in [0.5, 0.6) is 0 Å². The van der Waals surface area contributed by atoms with Crippen molar-refractivity contribution in [3.8, 4) is 0 Å². The Hall–Kier alpha value is -2.07. The van der Waals surface area contributed by atoms with Crippen molar-refractivity contribution in [1.82, 2.24) is 9.88 Å². The van der Waals surface area contributed by atoms with Gasteiger partial charge in [-0.15, -0.1) is 0 Å². The van der Waals surface area contributed by atoms with Gasteiger partial charge in [0, 0.05) is 24.7 Å². The molecule has 1 fully saturated rings. The van der Waals surface area contributed by atoms with Crippen LogP contribution in [-0.2, 0) is 6.42 Å². The highest BCUT2D eigenvalue weighted by Crippen LogP contribution is 2.14. The van der Waals surface area contributed by atoms with Gasteiger partial charge < -0.3 is 10.2 Å². The van der Waals surface area contributed by atoms with Crippen LogP contribution in [0.3, 0.4) is 0 Å². The first-order valence-corrected chi connectivity index (χ1v) is 8.34. The number of carbonyl (C=O) groups is 1. The molecule has 3 rings (SSSR count). The van der Waals surface area contributed by atoms with E-state index in [2.05, 4.69) is 10.3 Å². The number of anilines is 1. The van der Waals surface area contributed by atoms with E-state index in [4.69, 9.17) is 11.6 Å². The number of pyridine rings is 1. The average Bonchev–Trinajstić information content (AvgIpc) is 3.11. The summed E-state index contributed by atoms with van der Waals surface area (Å²) in [6, 6.07) is 11.6. The number of amides is 1. The predicted molar refractivity (Wildman–Crippen MR) is 93.0 cm³/mol. The number of hydrogen-bond acceptors (Lipinski definition) is 3. The summed E-state index contributed by atoms with van der Waals surface area (Å²) in [5.41, 5.74) is 2.68. The lowest BCUT2D eigenvalue weighted by molar-refractivity contribution is 0.0787.